The normalized spacial score (nSPS) is 15.6. The number of fused-ring (bicyclic) bond motifs is 1. The van der Waals surface area contributed by atoms with Crippen LogP contribution < -0.4 is 4.90 Å². The van der Waals surface area contributed by atoms with Gasteiger partial charge in [-0.25, -0.2) is 9.97 Å². The average Bonchev–Trinajstić information content (AvgIpc) is 2.65. The molecule has 2 heterocycles. The van der Waals surface area contributed by atoms with Gasteiger partial charge in [-0.15, -0.1) is 0 Å². The minimum atomic E-state index is 0.139. The monoisotopic (exact) mass is 340 g/mol. The highest BCUT2D eigenvalue weighted by Crippen LogP contribution is 2.24. The molecule has 0 radical (unpaired) electrons. The lowest BCUT2D eigenvalue weighted by Crippen LogP contribution is -2.42. The molecule has 0 N–H and O–H groups in total. The lowest BCUT2D eigenvalue weighted by Gasteiger charge is -2.33. The minimum absolute atomic E-state index is 0.139. The van der Waals surface area contributed by atoms with Crippen LogP contribution in [0, 0.1) is 12.8 Å². The molecule has 0 saturated carbocycles. The summed E-state index contributed by atoms with van der Waals surface area (Å²) in [6.45, 7) is 6.74. The Balaban J connectivity index is 1.65. The molecule has 1 aliphatic rings. The largest absolute Gasteiger partial charge is 0.346 e. The maximum atomic E-state index is 12.6. The lowest BCUT2D eigenvalue weighted by atomic mass is 9.95. The van der Waals surface area contributed by atoms with Gasteiger partial charge in [0.15, 0.2) is 0 Å². The number of rotatable bonds is 5. The zero-order valence-corrected chi connectivity index (χ0v) is 15.5. The Morgan fingerprint density at radius 3 is 2.68 bits per heavy atom. The van der Waals surface area contributed by atoms with Gasteiger partial charge in [-0.2, -0.15) is 0 Å². The summed E-state index contributed by atoms with van der Waals surface area (Å²) in [6.07, 6.45) is 3.95. The van der Waals surface area contributed by atoms with Crippen LogP contribution in [0.1, 0.15) is 38.3 Å². The topological polar surface area (TPSA) is 49.3 Å². The molecule has 5 heteroatoms. The summed E-state index contributed by atoms with van der Waals surface area (Å²) in [7, 11) is 1.93. The highest BCUT2D eigenvalue weighted by atomic mass is 16.2. The summed E-state index contributed by atoms with van der Waals surface area (Å²) in [5.41, 5.74) is 2.00. The number of aromatic nitrogens is 2. The first-order chi connectivity index (χ1) is 12.1. The van der Waals surface area contributed by atoms with E-state index in [1.807, 2.05) is 37.1 Å². The molecule has 0 atom stereocenters. The quantitative estimate of drug-likeness (QED) is 0.837. The molecule has 134 valence electrons. The number of carbonyl (C=O) groups is 1. The van der Waals surface area contributed by atoms with Crippen molar-refractivity contribution >= 4 is 22.8 Å². The first-order valence-corrected chi connectivity index (χ1v) is 9.33. The van der Waals surface area contributed by atoms with E-state index >= 15 is 0 Å². The van der Waals surface area contributed by atoms with Crippen molar-refractivity contribution in [3.63, 3.8) is 0 Å². The van der Waals surface area contributed by atoms with Gasteiger partial charge in [0.2, 0.25) is 11.9 Å². The molecular weight excluding hydrogens is 312 g/mol. The lowest BCUT2D eigenvalue weighted by molar-refractivity contribution is -0.134. The van der Waals surface area contributed by atoms with Crippen molar-refractivity contribution in [1.29, 1.82) is 0 Å². The number of nitrogens with zero attached hydrogens (tertiary/aromatic N) is 4. The van der Waals surface area contributed by atoms with E-state index in [1.54, 1.807) is 0 Å². The molecule has 25 heavy (non-hydrogen) atoms. The molecule has 5 nitrogen and oxygen atoms in total. The third kappa shape index (κ3) is 3.91. The number of amides is 1. The summed E-state index contributed by atoms with van der Waals surface area (Å²) >= 11 is 0. The summed E-state index contributed by atoms with van der Waals surface area (Å²) in [6, 6.07) is 8.12. The number of anilines is 1. The van der Waals surface area contributed by atoms with Gasteiger partial charge in [-0.05, 0) is 32.3 Å². The minimum Gasteiger partial charge on any atom is -0.346 e. The third-order valence-corrected chi connectivity index (χ3v) is 5.13. The molecule has 0 spiro atoms. The Hall–Kier alpha value is -2.17. The van der Waals surface area contributed by atoms with Gasteiger partial charge in [0.1, 0.15) is 0 Å². The first-order valence-electron chi connectivity index (χ1n) is 9.33. The Bertz CT molecular complexity index is 738. The number of hydrogen-bond acceptors (Lipinski definition) is 4. The Kier molecular flexibility index (Phi) is 5.51. The van der Waals surface area contributed by atoms with Crippen molar-refractivity contribution in [3.05, 3.63) is 30.0 Å². The number of para-hydroxylation sites is 1. The summed E-state index contributed by atoms with van der Waals surface area (Å²) in [5.74, 6) is 1.23. The number of hydrogen-bond donors (Lipinski definition) is 0. The van der Waals surface area contributed by atoms with Crippen LogP contribution in [0.3, 0.4) is 0 Å². The summed E-state index contributed by atoms with van der Waals surface area (Å²) < 4.78 is 0. The Morgan fingerprint density at radius 2 is 1.96 bits per heavy atom. The van der Waals surface area contributed by atoms with Crippen LogP contribution in [0.15, 0.2) is 24.3 Å². The zero-order chi connectivity index (χ0) is 17.8. The maximum Gasteiger partial charge on any atom is 0.226 e. The van der Waals surface area contributed by atoms with Gasteiger partial charge < -0.3 is 9.80 Å². The Morgan fingerprint density at radius 1 is 1.24 bits per heavy atom. The van der Waals surface area contributed by atoms with Gasteiger partial charge >= 0.3 is 0 Å². The smallest absolute Gasteiger partial charge is 0.226 e. The molecule has 2 aromatic rings. The fourth-order valence-corrected chi connectivity index (χ4v) is 3.51. The van der Waals surface area contributed by atoms with E-state index in [0.29, 0.717) is 5.91 Å². The second-order valence-corrected chi connectivity index (χ2v) is 7.00. The van der Waals surface area contributed by atoms with Gasteiger partial charge in [-0.1, -0.05) is 31.5 Å². The molecule has 1 amide bonds. The third-order valence-electron chi connectivity index (χ3n) is 5.13. The highest BCUT2D eigenvalue weighted by molar-refractivity contribution is 5.82. The molecule has 0 aliphatic carbocycles. The van der Waals surface area contributed by atoms with Crippen LogP contribution in [0.25, 0.3) is 10.9 Å². The predicted octanol–water partition coefficient (Wildman–Crippen LogP) is 3.41. The van der Waals surface area contributed by atoms with Crippen LogP contribution in [0.4, 0.5) is 5.95 Å². The standard InChI is InChI=1S/C20H28N4O/c1-4-5-12-23(3)19(25)16-10-13-24(14-11-16)20-21-15(2)17-8-6-7-9-18(17)22-20/h6-9,16H,4-5,10-14H2,1-3H3. The van der Waals surface area contributed by atoms with Gasteiger partial charge in [0.05, 0.1) is 11.2 Å². The predicted molar refractivity (Wildman–Crippen MR) is 102 cm³/mol. The van der Waals surface area contributed by atoms with E-state index in [2.05, 4.69) is 22.9 Å². The van der Waals surface area contributed by atoms with E-state index in [-0.39, 0.29) is 5.92 Å². The SMILES string of the molecule is CCCCN(C)C(=O)C1CCN(c2nc(C)c3ccccc3n2)CC1. The zero-order valence-electron chi connectivity index (χ0n) is 15.5. The van der Waals surface area contributed by atoms with E-state index < -0.39 is 0 Å². The molecule has 0 unspecified atom stereocenters. The fourth-order valence-electron chi connectivity index (χ4n) is 3.51. The van der Waals surface area contributed by atoms with Crippen LogP contribution in [0.5, 0.6) is 0 Å². The van der Waals surface area contributed by atoms with Gasteiger partial charge in [0, 0.05) is 38.0 Å². The molecule has 0 bridgehead atoms. The molecule has 1 fully saturated rings. The van der Waals surface area contributed by atoms with E-state index in [1.165, 1.54) is 0 Å². The molecule has 1 aliphatic heterocycles. The fraction of sp³-hybridized carbons (Fsp3) is 0.550. The van der Waals surface area contributed by atoms with Gasteiger partial charge in [0.25, 0.3) is 0 Å². The van der Waals surface area contributed by atoms with Crippen LogP contribution in [-0.2, 0) is 4.79 Å². The second kappa shape index (κ2) is 7.81. The maximum absolute atomic E-state index is 12.6. The average molecular weight is 340 g/mol. The number of aryl methyl sites for hydroxylation is 1. The number of piperidine rings is 1. The summed E-state index contributed by atoms with van der Waals surface area (Å²) in [4.78, 5) is 26.1. The second-order valence-electron chi connectivity index (χ2n) is 7.00. The van der Waals surface area contributed by atoms with E-state index in [9.17, 15) is 4.79 Å². The van der Waals surface area contributed by atoms with Crippen LogP contribution >= 0.6 is 0 Å². The molecule has 1 aromatic carbocycles. The van der Waals surface area contributed by atoms with E-state index in [4.69, 9.17) is 4.98 Å². The molecule has 1 aromatic heterocycles. The van der Waals surface area contributed by atoms with Gasteiger partial charge in [-0.3, -0.25) is 4.79 Å². The first kappa shape index (κ1) is 17.6. The van der Waals surface area contributed by atoms with Crippen molar-refractivity contribution in [2.24, 2.45) is 5.92 Å². The van der Waals surface area contributed by atoms with E-state index in [0.717, 1.165) is 67.9 Å². The van der Waals surface area contributed by atoms with Crippen LogP contribution in [0.2, 0.25) is 0 Å². The number of carbonyl (C=O) groups excluding carboxylic acids is 1. The van der Waals surface area contributed by atoms with Crippen molar-refractivity contribution < 1.29 is 4.79 Å². The highest BCUT2D eigenvalue weighted by Gasteiger charge is 2.28. The molecule has 1 saturated heterocycles. The van der Waals surface area contributed by atoms with Crippen molar-refractivity contribution in [1.82, 2.24) is 14.9 Å². The molecular formula is C20H28N4O. The summed E-state index contributed by atoms with van der Waals surface area (Å²) in [5, 5.41) is 1.11. The van der Waals surface area contributed by atoms with Crippen molar-refractivity contribution in [2.45, 2.75) is 39.5 Å². The molecule has 3 rings (SSSR count). The van der Waals surface area contributed by atoms with Crippen molar-refractivity contribution in [2.75, 3.05) is 31.6 Å². The Labute approximate surface area is 150 Å². The van der Waals surface area contributed by atoms with Crippen molar-refractivity contribution in [3.8, 4) is 0 Å². The number of unbranched alkanes of at least 4 members (excludes halogenated alkanes) is 1. The van der Waals surface area contributed by atoms with Crippen LogP contribution in [-0.4, -0.2) is 47.5 Å². The number of benzene rings is 1.